The standard InChI is InChI=1S/C24H27F2N7O/c25-24(26)7-3-15(4-8-24)22(34)33-23-29-12-17-2-1-16(11-19(17)32-23)20-13-28-14-21(31-20)30-18-5-9-27-10-6-18/h1-2,11-15,18,27H,3-10H2,(H,30,31)(H,29,32,33,34). The van der Waals surface area contributed by atoms with Gasteiger partial charge in [-0.1, -0.05) is 12.1 Å². The first kappa shape index (κ1) is 22.5. The molecule has 1 aliphatic carbocycles. The van der Waals surface area contributed by atoms with Crippen molar-refractivity contribution in [1.29, 1.82) is 0 Å². The second kappa shape index (κ2) is 9.54. The number of nitrogens with one attached hydrogen (secondary N) is 3. The van der Waals surface area contributed by atoms with Crippen molar-refractivity contribution in [3.63, 3.8) is 0 Å². The van der Waals surface area contributed by atoms with E-state index >= 15 is 0 Å². The number of fused-ring (bicyclic) bond motifs is 1. The summed E-state index contributed by atoms with van der Waals surface area (Å²) < 4.78 is 26.8. The zero-order chi connectivity index (χ0) is 23.5. The number of aromatic nitrogens is 4. The molecule has 1 saturated carbocycles. The fraction of sp³-hybridized carbons (Fsp3) is 0.458. The third-order valence-corrected chi connectivity index (χ3v) is 6.53. The first-order chi connectivity index (χ1) is 16.4. The molecule has 0 unspecified atom stereocenters. The Morgan fingerprint density at radius 1 is 1.03 bits per heavy atom. The van der Waals surface area contributed by atoms with E-state index in [1.165, 1.54) is 0 Å². The fourth-order valence-electron chi connectivity index (χ4n) is 4.51. The monoisotopic (exact) mass is 467 g/mol. The molecule has 0 atom stereocenters. The summed E-state index contributed by atoms with van der Waals surface area (Å²) in [4.78, 5) is 30.3. The first-order valence-electron chi connectivity index (χ1n) is 11.7. The van der Waals surface area contributed by atoms with Crippen LogP contribution in [0, 0.1) is 5.92 Å². The van der Waals surface area contributed by atoms with Crippen LogP contribution in [0.1, 0.15) is 38.5 Å². The van der Waals surface area contributed by atoms with Crippen LogP contribution in [-0.2, 0) is 4.79 Å². The van der Waals surface area contributed by atoms with Gasteiger partial charge in [-0.05, 0) is 44.8 Å². The van der Waals surface area contributed by atoms with Crippen molar-refractivity contribution in [2.45, 2.75) is 50.5 Å². The van der Waals surface area contributed by atoms with Gasteiger partial charge in [0.2, 0.25) is 17.8 Å². The lowest BCUT2D eigenvalue weighted by molar-refractivity contribution is -0.124. The lowest BCUT2D eigenvalue weighted by atomic mass is 9.86. The maximum Gasteiger partial charge on any atom is 0.248 e. The second-order valence-electron chi connectivity index (χ2n) is 9.04. The Hall–Kier alpha value is -3.27. The minimum atomic E-state index is -2.67. The molecular weight excluding hydrogens is 440 g/mol. The number of halogens is 2. The molecule has 3 N–H and O–H groups in total. The smallest absolute Gasteiger partial charge is 0.248 e. The van der Waals surface area contributed by atoms with Gasteiger partial charge in [0.25, 0.3) is 0 Å². The predicted molar refractivity (Wildman–Crippen MR) is 126 cm³/mol. The summed E-state index contributed by atoms with van der Waals surface area (Å²) in [5, 5.41) is 10.3. The van der Waals surface area contributed by atoms with Crippen molar-refractivity contribution in [2.75, 3.05) is 23.7 Å². The first-order valence-corrected chi connectivity index (χ1v) is 11.7. The van der Waals surface area contributed by atoms with Crippen molar-refractivity contribution >= 4 is 28.6 Å². The summed E-state index contributed by atoms with van der Waals surface area (Å²) in [6, 6.07) is 6.08. The number of carbonyl (C=O) groups is 1. The predicted octanol–water partition coefficient (Wildman–Crippen LogP) is 4.01. The van der Waals surface area contributed by atoms with Crippen molar-refractivity contribution < 1.29 is 13.6 Å². The van der Waals surface area contributed by atoms with Gasteiger partial charge >= 0.3 is 0 Å². The Kier molecular flexibility index (Phi) is 6.32. The topological polar surface area (TPSA) is 105 Å². The largest absolute Gasteiger partial charge is 0.366 e. The number of amides is 1. The van der Waals surface area contributed by atoms with Crippen LogP contribution in [0.2, 0.25) is 0 Å². The SMILES string of the molecule is O=C(Nc1ncc2ccc(-c3cncc(NC4CCNCC4)n3)cc2n1)C1CCC(F)(F)CC1. The highest BCUT2D eigenvalue weighted by molar-refractivity contribution is 5.92. The van der Waals surface area contributed by atoms with E-state index in [9.17, 15) is 13.6 Å². The Morgan fingerprint density at radius 3 is 2.62 bits per heavy atom. The minimum absolute atomic E-state index is 0.164. The zero-order valence-electron chi connectivity index (χ0n) is 18.7. The van der Waals surface area contributed by atoms with E-state index in [0.29, 0.717) is 17.3 Å². The number of alkyl halides is 2. The zero-order valence-corrected chi connectivity index (χ0v) is 18.7. The molecule has 178 valence electrons. The van der Waals surface area contributed by atoms with Gasteiger partial charge in [-0.2, -0.15) is 0 Å². The van der Waals surface area contributed by atoms with Crippen molar-refractivity contribution in [3.8, 4) is 11.3 Å². The lowest BCUT2D eigenvalue weighted by Gasteiger charge is -2.27. The maximum atomic E-state index is 13.4. The molecule has 3 aromatic rings. The van der Waals surface area contributed by atoms with Crippen LogP contribution >= 0.6 is 0 Å². The molecule has 1 aromatic carbocycles. The Balaban J connectivity index is 1.31. The third-order valence-electron chi connectivity index (χ3n) is 6.53. The molecule has 8 nitrogen and oxygen atoms in total. The molecule has 2 aliphatic rings. The summed E-state index contributed by atoms with van der Waals surface area (Å²) in [7, 11) is 0. The molecule has 1 aliphatic heterocycles. The van der Waals surface area contributed by atoms with Gasteiger partial charge in [-0.3, -0.25) is 15.1 Å². The van der Waals surface area contributed by atoms with Gasteiger partial charge in [-0.15, -0.1) is 0 Å². The Morgan fingerprint density at radius 2 is 1.82 bits per heavy atom. The number of nitrogens with zero attached hydrogens (tertiary/aromatic N) is 4. The van der Waals surface area contributed by atoms with Crippen molar-refractivity contribution in [3.05, 3.63) is 36.8 Å². The van der Waals surface area contributed by atoms with Crippen LogP contribution in [0.15, 0.2) is 36.8 Å². The number of piperidine rings is 1. The average Bonchev–Trinajstić information content (AvgIpc) is 2.84. The van der Waals surface area contributed by atoms with E-state index in [2.05, 4.69) is 30.9 Å². The van der Waals surface area contributed by atoms with E-state index in [0.717, 1.165) is 42.7 Å². The van der Waals surface area contributed by atoms with Crippen LogP contribution in [0.25, 0.3) is 22.2 Å². The fourth-order valence-corrected chi connectivity index (χ4v) is 4.51. The van der Waals surface area contributed by atoms with Gasteiger partial charge in [0.1, 0.15) is 5.82 Å². The molecule has 0 spiro atoms. The van der Waals surface area contributed by atoms with E-state index in [1.807, 2.05) is 18.2 Å². The quantitative estimate of drug-likeness (QED) is 0.521. The summed E-state index contributed by atoms with van der Waals surface area (Å²) in [5.41, 5.74) is 2.21. The van der Waals surface area contributed by atoms with Crippen molar-refractivity contribution in [2.24, 2.45) is 5.92 Å². The molecule has 34 heavy (non-hydrogen) atoms. The summed E-state index contributed by atoms with van der Waals surface area (Å²) >= 11 is 0. The Bertz CT molecular complexity index is 1170. The summed E-state index contributed by atoms with van der Waals surface area (Å²) in [6.07, 6.45) is 6.94. The molecule has 10 heteroatoms. The van der Waals surface area contributed by atoms with Crippen LogP contribution in [-0.4, -0.2) is 50.9 Å². The maximum absolute atomic E-state index is 13.4. The van der Waals surface area contributed by atoms with E-state index < -0.39 is 11.8 Å². The van der Waals surface area contributed by atoms with Gasteiger partial charge < -0.3 is 10.6 Å². The molecule has 1 saturated heterocycles. The normalized spacial score (nSPS) is 19.1. The molecule has 2 fully saturated rings. The lowest BCUT2D eigenvalue weighted by Crippen LogP contribution is -2.35. The number of hydrogen-bond acceptors (Lipinski definition) is 7. The highest BCUT2D eigenvalue weighted by atomic mass is 19.3. The summed E-state index contributed by atoms with van der Waals surface area (Å²) in [6.45, 7) is 1.97. The second-order valence-corrected chi connectivity index (χ2v) is 9.04. The average molecular weight is 468 g/mol. The molecule has 2 aromatic heterocycles. The highest BCUT2D eigenvalue weighted by Crippen LogP contribution is 2.36. The summed E-state index contributed by atoms with van der Waals surface area (Å²) in [5.74, 6) is -2.53. The van der Waals surface area contributed by atoms with Crippen LogP contribution in [0.5, 0.6) is 0 Å². The molecule has 1 amide bonds. The van der Waals surface area contributed by atoms with Crippen molar-refractivity contribution in [1.82, 2.24) is 25.3 Å². The van der Waals surface area contributed by atoms with Gasteiger partial charge in [0, 0.05) is 41.9 Å². The molecular formula is C24H27F2N7O. The van der Waals surface area contributed by atoms with E-state index in [1.54, 1.807) is 18.6 Å². The number of hydrogen-bond donors (Lipinski definition) is 3. The molecule has 0 bridgehead atoms. The Labute approximate surface area is 196 Å². The number of benzene rings is 1. The van der Waals surface area contributed by atoms with Gasteiger partial charge in [0.15, 0.2) is 0 Å². The molecule has 3 heterocycles. The number of carbonyl (C=O) groups excluding carboxylic acids is 1. The van der Waals surface area contributed by atoms with Crippen LogP contribution in [0.3, 0.4) is 0 Å². The minimum Gasteiger partial charge on any atom is -0.366 e. The third kappa shape index (κ3) is 5.27. The van der Waals surface area contributed by atoms with Gasteiger partial charge in [0.05, 0.1) is 23.6 Å². The van der Waals surface area contributed by atoms with E-state index in [-0.39, 0.29) is 37.5 Å². The van der Waals surface area contributed by atoms with Crippen LogP contribution in [0.4, 0.5) is 20.5 Å². The highest BCUT2D eigenvalue weighted by Gasteiger charge is 2.37. The molecule has 0 radical (unpaired) electrons. The number of rotatable bonds is 5. The van der Waals surface area contributed by atoms with Crippen LogP contribution < -0.4 is 16.0 Å². The number of anilines is 2. The van der Waals surface area contributed by atoms with E-state index in [4.69, 9.17) is 4.98 Å². The van der Waals surface area contributed by atoms with Gasteiger partial charge in [-0.25, -0.2) is 23.7 Å². The molecule has 5 rings (SSSR count).